The van der Waals surface area contributed by atoms with Crippen molar-refractivity contribution in [1.29, 1.82) is 0 Å². The fourth-order valence-electron chi connectivity index (χ4n) is 1.95. The fraction of sp³-hybridized carbons (Fsp3) is 0.538. The molecule has 3 unspecified atom stereocenters. The quantitative estimate of drug-likeness (QED) is 0.844. The van der Waals surface area contributed by atoms with Gasteiger partial charge in [-0.1, -0.05) is 17.7 Å². The third kappa shape index (κ3) is 2.36. The van der Waals surface area contributed by atoms with Crippen LogP contribution in [0.3, 0.4) is 0 Å². The molecule has 16 heavy (non-hydrogen) atoms. The smallest absolute Gasteiger partial charge is 0.128 e. The van der Waals surface area contributed by atoms with Crippen molar-refractivity contribution in [3.8, 4) is 5.75 Å². The molecule has 0 amide bonds. The molecule has 1 aromatic rings. The standard InChI is InChI=1S/C13H19NO2/c1-3-15-13-11(14)8-12(13)16-10-6-4-9(2)5-7-10/h4-7,11-13H,3,8,14H2,1-2H3. The van der Waals surface area contributed by atoms with Crippen molar-refractivity contribution in [2.24, 2.45) is 5.73 Å². The van der Waals surface area contributed by atoms with E-state index in [0.29, 0.717) is 6.61 Å². The third-order valence-corrected chi connectivity index (χ3v) is 2.96. The zero-order valence-corrected chi connectivity index (χ0v) is 9.85. The second-order valence-electron chi connectivity index (χ2n) is 4.29. The first kappa shape index (κ1) is 11.4. The van der Waals surface area contributed by atoms with Gasteiger partial charge >= 0.3 is 0 Å². The lowest BCUT2D eigenvalue weighted by atomic mass is 9.86. The molecule has 0 spiro atoms. The van der Waals surface area contributed by atoms with Crippen LogP contribution in [0.4, 0.5) is 0 Å². The number of nitrogens with two attached hydrogens (primary N) is 1. The molecule has 1 aliphatic carbocycles. The summed E-state index contributed by atoms with van der Waals surface area (Å²) in [5.41, 5.74) is 7.11. The summed E-state index contributed by atoms with van der Waals surface area (Å²) >= 11 is 0. The molecule has 0 bridgehead atoms. The molecule has 1 fully saturated rings. The predicted molar refractivity (Wildman–Crippen MR) is 63.6 cm³/mol. The number of ether oxygens (including phenoxy) is 2. The van der Waals surface area contributed by atoms with Gasteiger partial charge in [0.25, 0.3) is 0 Å². The highest BCUT2D eigenvalue weighted by atomic mass is 16.5. The number of aryl methyl sites for hydroxylation is 1. The molecule has 3 heteroatoms. The second-order valence-corrected chi connectivity index (χ2v) is 4.29. The first-order valence-electron chi connectivity index (χ1n) is 5.81. The van der Waals surface area contributed by atoms with Crippen molar-refractivity contribution < 1.29 is 9.47 Å². The van der Waals surface area contributed by atoms with E-state index < -0.39 is 0 Å². The van der Waals surface area contributed by atoms with Crippen LogP contribution in [0.5, 0.6) is 5.75 Å². The normalized spacial score (nSPS) is 28.6. The van der Waals surface area contributed by atoms with Crippen molar-refractivity contribution in [3.05, 3.63) is 29.8 Å². The molecule has 0 saturated heterocycles. The maximum atomic E-state index is 5.87. The lowest BCUT2D eigenvalue weighted by Gasteiger charge is -2.41. The van der Waals surface area contributed by atoms with Gasteiger partial charge in [0.05, 0.1) is 0 Å². The van der Waals surface area contributed by atoms with E-state index in [4.69, 9.17) is 15.2 Å². The van der Waals surface area contributed by atoms with Gasteiger partial charge in [-0.2, -0.15) is 0 Å². The van der Waals surface area contributed by atoms with Crippen LogP contribution < -0.4 is 10.5 Å². The van der Waals surface area contributed by atoms with Crippen molar-refractivity contribution >= 4 is 0 Å². The van der Waals surface area contributed by atoms with Crippen LogP contribution in [0.15, 0.2) is 24.3 Å². The van der Waals surface area contributed by atoms with Crippen LogP contribution in [0.1, 0.15) is 18.9 Å². The molecule has 88 valence electrons. The minimum absolute atomic E-state index is 0.0475. The Labute approximate surface area is 96.5 Å². The summed E-state index contributed by atoms with van der Waals surface area (Å²) in [7, 11) is 0. The number of rotatable bonds is 4. The maximum absolute atomic E-state index is 5.87. The summed E-state index contributed by atoms with van der Waals surface area (Å²) in [6, 6.07) is 8.19. The minimum atomic E-state index is 0.0475. The minimum Gasteiger partial charge on any atom is -0.488 e. The largest absolute Gasteiger partial charge is 0.488 e. The van der Waals surface area contributed by atoms with Gasteiger partial charge in [0.2, 0.25) is 0 Å². The van der Waals surface area contributed by atoms with Crippen molar-refractivity contribution in [3.63, 3.8) is 0 Å². The first-order valence-corrected chi connectivity index (χ1v) is 5.81. The third-order valence-electron chi connectivity index (χ3n) is 2.96. The Morgan fingerprint density at radius 1 is 1.31 bits per heavy atom. The predicted octanol–water partition coefficient (Wildman–Crippen LogP) is 1.88. The van der Waals surface area contributed by atoms with E-state index in [0.717, 1.165) is 12.2 Å². The molecule has 1 saturated carbocycles. The van der Waals surface area contributed by atoms with Gasteiger partial charge < -0.3 is 15.2 Å². The van der Waals surface area contributed by atoms with Crippen molar-refractivity contribution in [2.75, 3.05) is 6.61 Å². The number of benzene rings is 1. The summed E-state index contributed by atoms with van der Waals surface area (Å²) < 4.78 is 11.4. The van der Waals surface area contributed by atoms with E-state index in [1.165, 1.54) is 5.56 Å². The summed E-state index contributed by atoms with van der Waals surface area (Å²) in [6.07, 6.45) is 1.03. The van der Waals surface area contributed by atoms with Crippen LogP contribution in [0.25, 0.3) is 0 Å². The Hall–Kier alpha value is -1.06. The lowest BCUT2D eigenvalue weighted by Crippen LogP contribution is -2.59. The van der Waals surface area contributed by atoms with Gasteiger partial charge in [0.1, 0.15) is 18.0 Å². The van der Waals surface area contributed by atoms with Crippen molar-refractivity contribution in [2.45, 2.75) is 38.5 Å². The van der Waals surface area contributed by atoms with Crippen LogP contribution in [0.2, 0.25) is 0 Å². The summed E-state index contributed by atoms with van der Waals surface area (Å²) in [6.45, 7) is 4.73. The van der Waals surface area contributed by atoms with E-state index in [9.17, 15) is 0 Å². The average molecular weight is 221 g/mol. The summed E-state index contributed by atoms with van der Waals surface area (Å²) in [4.78, 5) is 0. The van der Waals surface area contributed by atoms with Gasteiger partial charge in [-0.25, -0.2) is 0 Å². The van der Waals surface area contributed by atoms with Crippen molar-refractivity contribution in [1.82, 2.24) is 0 Å². The van der Waals surface area contributed by atoms with Gasteiger partial charge in [-0.05, 0) is 26.0 Å². The second kappa shape index (κ2) is 4.85. The maximum Gasteiger partial charge on any atom is 0.128 e. The Bertz CT molecular complexity index is 336. The van der Waals surface area contributed by atoms with E-state index in [1.54, 1.807) is 0 Å². The monoisotopic (exact) mass is 221 g/mol. The first-order chi connectivity index (χ1) is 7.70. The van der Waals surface area contributed by atoms with Gasteiger partial charge in [-0.3, -0.25) is 0 Å². The zero-order valence-electron chi connectivity index (χ0n) is 9.85. The summed E-state index contributed by atoms with van der Waals surface area (Å²) in [5.74, 6) is 0.896. The lowest BCUT2D eigenvalue weighted by molar-refractivity contribution is -0.0945. The fourth-order valence-corrected chi connectivity index (χ4v) is 1.95. The average Bonchev–Trinajstić information content (AvgIpc) is 2.28. The van der Waals surface area contributed by atoms with E-state index in [1.807, 2.05) is 31.2 Å². The van der Waals surface area contributed by atoms with Crippen LogP contribution in [-0.2, 0) is 4.74 Å². The SMILES string of the molecule is CCOC1C(N)CC1Oc1ccc(C)cc1. The molecule has 1 aromatic carbocycles. The molecular weight excluding hydrogens is 202 g/mol. The van der Waals surface area contributed by atoms with E-state index in [2.05, 4.69) is 6.92 Å². The Kier molecular flexibility index (Phi) is 3.46. The van der Waals surface area contributed by atoms with E-state index >= 15 is 0 Å². The highest BCUT2D eigenvalue weighted by Crippen LogP contribution is 2.27. The zero-order chi connectivity index (χ0) is 11.5. The molecular formula is C13H19NO2. The highest BCUT2D eigenvalue weighted by Gasteiger charge is 2.41. The Balaban J connectivity index is 1.92. The molecule has 2 N–H and O–H groups in total. The molecule has 1 aliphatic rings. The molecule has 0 heterocycles. The molecule has 0 radical (unpaired) electrons. The number of hydrogen-bond acceptors (Lipinski definition) is 3. The van der Waals surface area contributed by atoms with Gasteiger partial charge in [-0.15, -0.1) is 0 Å². The molecule has 0 aliphatic heterocycles. The Morgan fingerprint density at radius 2 is 2.00 bits per heavy atom. The summed E-state index contributed by atoms with van der Waals surface area (Å²) in [5, 5.41) is 0. The van der Waals surface area contributed by atoms with Gasteiger partial charge in [0.15, 0.2) is 0 Å². The topological polar surface area (TPSA) is 44.5 Å². The van der Waals surface area contributed by atoms with Crippen LogP contribution in [0, 0.1) is 6.92 Å². The molecule has 3 nitrogen and oxygen atoms in total. The molecule has 0 aromatic heterocycles. The van der Waals surface area contributed by atoms with Crippen LogP contribution >= 0.6 is 0 Å². The highest BCUT2D eigenvalue weighted by molar-refractivity contribution is 5.27. The van der Waals surface area contributed by atoms with Crippen LogP contribution in [-0.4, -0.2) is 24.9 Å². The van der Waals surface area contributed by atoms with E-state index in [-0.39, 0.29) is 18.2 Å². The Morgan fingerprint density at radius 3 is 2.56 bits per heavy atom. The molecule has 3 atom stereocenters. The molecule has 2 rings (SSSR count). The number of hydrogen-bond donors (Lipinski definition) is 1. The van der Waals surface area contributed by atoms with Gasteiger partial charge in [0, 0.05) is 19.1 Å².